The van der Waals surface area contributed by atoms with E-state index in [9.17, 15) is 13.2 Å². The van der Waals surface area contributed by atoms with Crippen LogP contribution in [0.4, 0.5) is 0 Å². The molecule has 0 aliphatic carbocycles. The first-order valence-electron chi connectivity index (χ1n) is 7.81. The van der Waals surface area contributed by atoms with Crippen molar-refractivity contribution in [3.05, 3.63) is 35.9 Å². The van der Waals surface area contributed by atoms with Gasteiger partial charge in [0.05, 0.1) is 18.3 Å². The van der Waals surface area contributed by atoms with Gasteiger partial charge in [-0.3, -0.25) is 4.79 Å². The van der Waals surface area contributed by atoms with E-state index >= 15 is 0 Å². The molecule has 2 heterocycles. The van der Waals surface area contributed by atoms with Crippen molar-refractivity contribution in [2.75, 3.05) is 39.9 Å². The lowest BCUT2D eigenvalue weighted by Gasteiger charge is -2.21. The molecule has 2 atom stereocenters. The first-order chi connectivity index (χ1) is 11.0. The molecule has 1 amide bonds. The molecule has 23 heavy (non-hydrogen) atoms. The standard InChI is InChI=1S/C16H22N2O4S/c1-22-8-7-17-9-14-10-18(11-15(14)16(17)19)23(20,21)12-13-5-3-2-4-6-13/h2-6,14-15H,7-12H2,1H3/t14-,15-/m1/s1. The van der Waals surface area contributed by atoms with Crippen LogP contribution in [-0.4, -0.2) is 63.4 Å². The van der Waals surface area contributed by atoms with Gasteiger partial charge in [-0.2, -0.15) is 0 Å². The fourth-order valence-electron chi connectivity index (χ4n) is 3.41. The second-order valence-corrected chi connectivity index (χ2v) is 8.17. The molecule has 1 aromatic rings. The number of carbonyl (C=O) groups excluding carboxylic acids is 1. The van der Waals surface area contributed by atoms with Crippen LogP contribution >= 0.6 is 0 Å². The summed E-state index contributed by atoms with van der Waals surface area (Å²) in [5.74, 6) is -0.0405. The van der Waals surface area contributed by atoms with Gasteiger partial charge >= 0.3 is 0 Å². The molecule has 0 saturated carbocycles. The number of nitrogens with zero attached hydrogens (tertiary/aromatic N) is 2. The third-order valence-electron chi connectivity index (χ3n) is 4.64. The Balaban J connectivity index is 1.64. The van der Waals surface area contributed by atoms with E-state index < -0.39 is 10.0 Å². The maximum absolute atomic E-state index is 12.6. The zero-order valence-electron chi connectivity index (χ0n) is 13.2. The summed E-state index contributed by atoms with van der Waals surface area (Å²) in [7, 11) is -1.76. The van der Waals surface area contributed by atoms with Crippen LogP contribution in [0.15, 0.2) is 30.3 Å². The molecule has 0 spiro atoms. The Labute approximate surface area is 137 Å². The Morgan fingerprint density at radius 1 is 1.17 bits per heavy atom. The Hall–Kier alpha value is -1.44. The number of amides is 1. The van der Waals surface area contributed by atoms with Gasteiger partial charge in [-0.25, -0.2) is 12.7 Å². The molecular weight excluding hydrogens is 316 g/mol. The topological polar surface area (TPSA) is 66.9 Å². The number of ether oxygens (including phenoxy) is 1. The number of benzene rings is 1. The van der Waals surface area contributed by atoms with Crippen molar-refractivity contribution >= 4 is 15.9 Å². The highest BCUT2D eigenvalue weighted by Crippen LogP contribution is 2.34. The van der Waals surface area contributed by atoms with Gasteiger partial charge in [0.15, 0.2) is 0 Å². The number of methoxy groups -OCH3 is 1. The predicted octanol–water partition coefficient (Wildman–Crippen LogP) is 0.553. The molecule has 0 unspecified atom stereocenters. The van der Waals surface area contributed by atoms with E-state index in [0.29, 0.717) is 32.8 Å². The molecule has 0 aromatic heterocycles. The quantitative estimate of drug-likeness (QED) is 0.760. The molecule has 0 radical (unpaired) electrons. The van der Waals surface area contributed by atoms with Gasteiger partial charge in [0.25, 0.3) is 0 Å². The number of carbonyl (C=O) groups is 1. The van der Waals surface area contributed by atoms with E-state index in [-0.39, 0.29) is 23.5 Å². The molecule has 1 aromatic carbocycles. The van der Waals surface area contributed by atoms with Gasteiger partial charge in [-0.05, 0) is 5.56 Å². The second kappa shape index (κ2) is 6.59. The van der Waals surface area contributed by atoms with E-state index in [2.05, 4.69) is 0 Å². The summed E-state index contributed by atoms with van der Waals surface area (Å²) in [6.07, 6.45) is 0. The fourth-order valence-corrected chi connectivity index (χ4v) is 5.01. The van der Waals surface area contributed by atoms with Crippen molar-refractivity contribution in [1.29, 1.82) is 0 Å². The summed E-state index contributed by atoms with van der Waals surface area (Å²) >= 11 is 0. The molecule has 2 fully saturated rings. The Bertz CT molecular complexity index is 662. The zero-order valence-corrected chi connectivity index (χ0v) is 14.0. The summed E-state index contributed by atoms with van der Waals surface area (Å²) in [6, 6.07) is 9.16. The third kappa shape index (κ3) is 3.41. The maximum Gasteiger partial charge on any atom is 0.227 e. The van der Waals surface area contributed by atoms with Crippen molar-refractivity contribution in [1.82, 2.24) is 9.21 Å². The van der Waals surface area contributed by atoms with Crippen molar-refractivity contribution in [3.8, 4) is 0 Å². The Morgan fingerprint density at radius 3 is 2.57 bits per heavy atom. The van der Waals surface area contributed by atoms with Gasteiger partial charge < -0.3 is 9.64 Å². The van der Waals surface area contributed by atoms with Crippen LogP contribution in [-0.2, 0) is 25.3 Å². The number of hydrogen-bond donors (Lipinski definition) is 0. The second-order valence-electron chi connectivity index (χ2n) is 6.20. The van der Waals surface area contributed by atoms with Crippen LogP contribution in [0, 0.1) is 11.8 Å². The molecule has 7 heteroatoms. The van der Waals surface area contributed by atoms with Gasteiger partial charge in [0.2, 0.25) is 15.9 Å². The fraction of sp³-hybridized carbons (Fsp3) is 0.562. The van der Waals surface area contributed by atoms with Crippen LogP contribution in [0.1, 0.15) is 5.56 Å². The molecule has 2 aliphatic heterocycles. The minimum atomic E-state index is -3.38. The average Bonchev–Trinajstić information content (AvgIpc) is 3.07. The lowest BCUT2D eigenvalue weighted by atomic mass is 10.0. The normalized spacial score (nSPS) is 25.1. The molecule has 0 N–H and O–H groups in total. The number of fused-ring (bicyclic) bond motifs is 1. The summed E-state index contributed by atoms with van der Waals surface area (Å²) in [6.45, 7) is 2.47. The van der Waals surface area contributed by atoms with Gasteiger partial charge in [-0.1, -0.05) is 30.3 Å². The first kappa shape index (κ1) is 16.4. The molecule has 2 saturated heterocycles. The van der Waals surface area contributed by atoms with Gasteiger partial charge in [0, 0.05) is 39.2 Å². The largest absolute Gasteiger partial charge is 0.383 e. The highest BCUT2D eigenvalue weighted by molar-refractivity contribution is 7.88. The Morgan fingerprint density at radius 2 is 1.91 bits per heavy atom. The summed E-state index contributed by atoms with van der Waals surface area (Å²) in [5, 5.41) is 0. The van der Waals surface area contributed by atoms with Gasteiger partial charge in [0.1, 0.15) is 0 Å². The monoisotopic (exact) mass is 338 g/mol. The van der Waals surface area contributed by atoms with Crippen molar-refractivity contribution in [3.63, 3.8) is 0 Å². The summed E-state index contributed by atoms with van der Waals surface area (Å²) in [5.41, 5.74) is 0.776. The summed E-state index contributed by atoms with van der Waals surface area (Å²) < 4.78 is 31.7. The minimum Gasteiger partial charge on any atom is -0.383 e. The zero-order chi connectivity index (χ0) is 16.4. The lowest BCUT2D eigenvalue weighted by Crippen LogP contribution is -2.37. The molecular formula is C16H22N2O4S. The predicted molar refractivity (Wildman–Crippen MR) is 86.1 cm³/mol. The first-order valence-corrected chi connectivity index (χ1v) is 9.41. The van der Waals surface area contributed by atoms with E-state index in [4.69, 9.17) is 4.74 Å². The van der Waals surface area contributed by atoms with Crippen LogP contribution in [0.2, 0.25) is 0 Å². The molecule has 3 rings (SSSR count). The van der Waals surface area contributed by atoms with E-state index in [1.807, 2.05) is 30.3 Å². The highest BCUT2D eigenvalue weighted by atomic mass is 32.2. The average molecular weight is 338 g/mol. The number of sulfonamides is 1. The Kier molecular flexibility index (Phi) is 4.70. The van der Waals surface area contributed by atoms with Crippen molar-refractivity contribution in [2.24, 2.45) is 11.8 Å². The van der Waals surface area contributed by atoms with Crippen LogP contribution in [0.5, 0.6) is 0 Å². The van der Waals surface area contributed by atoms with Gasteiger partial charge in [-0.15, -0.1) is 0 Å². The lowest BCUT2D eigenvalue weighted by molar-refractivity contribution is -0.131. The number of likely N-dealkylation sites (tertiary alicyclic amines) is 1. The molecule has 6 nitrogen and oxygen atoms in total. The van der Waals surface area contributed by atoms with E-state index in [1.165, 1.54) is 4.31 Å². The third-order valence-corrected chi connectivity index (χ3v) is 6.42. The minimum absolute atomic E-state index is 0.00510. The molecule has 126 valence electrons. The maximum atomic E-state index is 12.6. The van der Waals surface area contributed by atoms with Crippen molar-refractivity contribution < 1.29 is 17.9 Å². The molecule has 0 bridgehead atoms. The van der Waals surface area contributed by atoms with Crippen molar-refractivity contribution in [2.45, 2.75) is 5.75 Å². The number of rotatable bonds is 6. The van der Waals surface area contributed by atoms with Crippen LogP contribution in [0.25, 0.3) is 0 Å². The highest BCUT2D eigenvalue weighted by Gasteiger charge is 2.48. The summed E-state index contributed by atoms with van der Waals surface area (Å²) in [4.78, 5) is 14.2. The van der Waals surface area contributed by atoms with E-state index in [0.717, 1.165) is 5.56 Å². The molecule has 2 aliphatic rings. The van der Waals surface area contributed by atoms with Crippen LogP contribution in [0.3, 0.4) is 0 Å². The van der Waals surface area contributed by atoms with E-state index in [1.54, 1.807) is 12.0 Å². The SMILES string of the molecule is COCCN1C[C@@H]2CN(S(=O)(=O)Cc3ccccc3)C[C@H]2C1=O. The smallest absolute Gasteiger partial charge is 0.227 e. The van der Waals surface area contributed by atoms with Crippen LogP contribution < -0.4 is 0 Å². The number of hydrogen-bond acceptors (Lipinski definition) is 4.